The average Bonchev–Trinajstić information content (AvgIpc) is 3.35. The van der Waals surface area contributed by atoms with Gasteiger partial charge in [-0.15, -0.1) is 0 Å². The Kier molecular flexibility index (Phi) is 5.12. The maximum absolute atomic E-state index is 13.0. The molecule has 2 N–H and O–H groups in total. The molecule has 0 atom stereocenters. The van der Waals surface area contributed by atoms with Gasteiger partial charge < -0.3 is 15.5 Å². The highest BCUT2D eigenvalue weighted by Crippen LogP contribution is 2.34. The Morgan fingerprint density at radius 1 is 1.03 bits per heavy atom. The van der Waals surface area contributed by atoms with Crippen molar-refractivity contribution in [1.82, 2.24) is 9.97 Å². The lowest BCUT2D eigenvalue weighted by Crippen LogP contribution is -2.19. The fourth-order valence-corrected chi connectivity index (χ4v) is 4.16. The summed E-state index contributed by atoms with van der Waals surface area (Å²) >= 11 is 0. The number of carbonyl (C=O) groups excluding carboxylic acids is 1. The van der Waals surface area contributed by atoms with Gasteiger partial charge >= 0.3 is 0 Å². The standard InChI is InChI=1S/C25H25N5O/c1-17-4-6-20(15-28-17)29-25(31)22-8-9-27-24-7-5-18(13-23(22)24)19-12-21(16-26-14-19)30-10-2-3-11-30/h4-8,12-16,27H,2-3,9-11H2,1H3,(H,29,31). The van der Waals surface area contributed by atoms with Gasteiger partial charge in [0, 0.05) is 53.9 Å². The van der Waals surface area contributed by atoms with Gasteiger partial charge in [-0.25, -0.2) is 0 Å². The second-order valence-electron chi connectivity index (χ2n) is 8.03. The molecule has 1 amide bonds. The second-order valence-corrected chi connectivity index (χ2v) is 8.03. The first-order valence-electron chi connectivity index (χ1n) is 10.7. The number of carbonyl (C=O) groups is 1. The van der Waals surface area contributed by atoms with Crippen molar-refractivity contribution < 1.29 is 4.79 Å². The molecule has 0 unspecified atom stereocenters. The first-order valence-corrected chi connectivity index (χ1v) is 10.7. The number of benzene rings is 1. The lowest BCUT2D eigenvalue weighted by atomic mass is 9.95. The molecule has 0 saturated carbocycles. The molecule has 2 aliphatic heterocycles. The average molecular weight is 412 g/mol. The number of anilines is 3. The molecule has 3 aromatic rings. The summed E-state index contributed by atoms with van der Waals surface area (Å²) in [4.78, 5) is 24.2. The quantitative estimate of drug-likeness (QED) is 0.662. The van der Waals surface area contributed by atoms with Crippen LogP contribution in [0.15, 0.2) is 61.1 Å². The number of aryl methyl sites for hydroxylation is 1. The summed E-state index contributed by atoms with van der Waals surface area (Å²) in [6, 6.07) is 12.2. The smallest absolute Gasteiger partial charge is 0.256 e. The van der Waals surface area contributed by atoms with Crippen LogP contribution in [-0.4, -0.2) is 35.5 Å². The van der Waals surface area contributed by atoms with Gasteiger partial charge in [0.2, 0.25) is 0 Å². The van der Waals surface area contributed by atoms with E-state index >= 15 is 0 Å². The molecule has 1 saturated heterocycles. The van der Waals surface area contributed by atoms with E-state index in [1.165, 1.54) is 12.8 Å². The molecule has 0 spiro atoms. The van der Waals surface area contributed by atoms with Gasteiger partial charge in [0.05, 0.1) is 23.8 Å². The first kappa shape index (κ1) is 19.3. The zero-order valence-electron chi connectivity index (χ0n) is 17.6. The molecule has 0 aliphatic carbocycles. The van der Waals surface area contributed by atoms with Crippen LogP contribution in [0.3, 0.4) is 0 Å². The van der Waals surface area contributed by atoms with Crippen LogP contribution in [0.4, 0.5) is 17.1 Å². The highest BCUT2D eigenvalue weighted by atomic mass is 16.1. The van der Waals surface area contributed by atoms with Gasteiger partial charge in [-0.3, -0.25) is 14.8 Å². The molecular weight excluding hydrogens is 386 g/mol. The van der Waals surface area contributed by atoms with E-state index in [1.807, 2.05) is 43.6 Å². The topological polar surface area (TPSA) is 70.2 Å². The lowest BCUT2D eigenvalue weighted by Gasteiger charge is -2.21. The van der Waals surface area contributed by atoms with Gasteiger partial charge in [0.25, 0.3) is 5.91 Å². The molecule has 1 aromatic carbocycles. The number of rotatable bonds is 4. The molecule has 2 aromatic heterocycles. The van der Waals surface area contributed by atoms with Gasteiger partial charge in [-0.05, 0) is 55.7 Å². The van der Waals surface area contributed by atoms with E-state index in [1.54, 1.807) is 6.20 Å². The summed E-state index contributed by atoms with van der Waals surface area (Å²) in [5.74, 6) is -0.130. The largest absolute Gasteiger partial charge is 0.381 e. The predicted molar refractivity (Wildman–Crippen MR) is 125 cm³/mol. The number of amides is 1. The summed E-state index contributed by atoms with van der Waals surface area (Å²) in [6.07, 6.45) is 9.90. The number of aromatic nitrogens is 2. The normalized spacial score (nSPS) is 15.1. The third kappa shape index (κ3) is 4.01. The predicted octanol–water partition coefficient (Wildman–Crippen LogP) is 4.50. The first-order chi connectivity index (χ1) is 15.2. The number of hydrogen-bond acceptors (Lipinski definition) is 5. The maximum Gasteiger partial charge on any atom is 0.256 e. The minimum Gasteiger partial charge on any atom is -0.381 e. The van der Waals surface area contributed by atoms with Crippen molar-refractivity contribution in [3.8, 4) is 11.1 Å². The minimum absolute atomic E-state index is 0.130. The molecule has 4 heterocycles. The Morgan fingerprint density at radius 2 is 1.90 bits per heavy atom. The van der Waals surface area contributed by atoms with Crippen LogP contribution in [0.2, 0.25) is 0 Å². The summed E-state index contributed by atoms with van der Waals surface area (Å²) < 4.78 is 0. The molecule has 2 aliphatic rings. The minimum atomic E-state index is -0.130. The molecule has 5 rings (SSSR count). The van der Waals surface area contributed by atoms with E-state index in [9.17, 15) is 4.79 Å². The Labute approximate surface area is 182 Å². The van der Waals surface area contributed by atoms with Crippen molar-refractivity contribution in [3.05, 3.63) is 72.3 Å². The fourth-order valence-electron chi connectivity index (χ4n) is 4.16. The van der Waals surface area contributed by atoms with E-state index in [-0.39, 0.29) is 5.91 Å². The Balaban J connectivity index is 1.44. The number of fused-ring (bicyclic) bond motifs is 1. The van der Waals surface area contributed by atoms with E-state index in [2.05, 4.69) is 43.7 Å². The van der Waals surface area contributed by atoms with Gasteiger partial charge in [0.15, 0.2) is 0 Å². The number of hydrogen-bond donors (Lipinski definition) is 2. The molecule has 0 radical (unpaired) electrons. The number of nitrogens with one attached hydrogen (secondary N) is 2. The van der Waals surface area contributed by atoms with Gasteiger partial charge in [-0.1, -0.05) is 12.1 Å². The summed E-state index contributed by atoms with van der Waals surface area (Å²) in [7, 11) is 0. The maximum atomic E-state index is 13.0. The molecule has 1 fully saturated rings. The van der Waals surface area contributed by atoms with E-state index in [0.29, 0.717) is 17.8 Å². The zero-order chi connectivity index (χ0) is 21.2. The number of pyridine rings is 2. The van der Waals surface area contributed by atoms with E-state index in [4.69, 9.17) is 0 Å². The van der Waals surface area contributed by atoms with Crippen LogP contribution < -0.4 is 15.5 Å². The molecule has 6 nitrogen and oxygen atoms in total. The lowest BCUT2D eigenvalue weighted by molar-refractivity contribution is -0.111. The Hall–Kier alpha value is -3.67. The van der Waals surface area contributed by atoms with Crippen molar-refractivity contribution in [2.24, 2.45) is 0 Å². The van der Waals surface area contributed by atoms with E-state index in [0.717, 1.165) is 46.8 Å². The fraction of sp³-hybridized carbons (Fsp3) is 0.240. The van der Waals surface area contributed by atoms with Crippen LogP contribution in [0.1, 0.15) is 24.1 Å². The van der Waals surface area contributed by atoms with Crippen molar-refractivity contribution in [2.45, 2.75) is 19.8 Å². The summed E-state index contributed by atoms with van der Waals surface area (Å²) in [6.45, 7) is 4.71. The summed E-state index contributed by atoms with van der Waals surface area (Å²) in [5.41, 5.74) is 7.39. The van der Waals surface area contributed by atoms with Crippen molar-refractivity contribution in [3.63, 3.8) is 0 Å². The van der Waals surface area contributed by atoms with Crippen molar-refractivity contribution in [2.75, 3.05) is 35.2 Å². The van der Waals surface area contributed by atoms with Crippen LogP contribution in [-0.2, 0) is 4.79 Å². The third-order valence-electron chi connectivity index (χ3n) is 5.85. The highest BCUT2D eigenvalue weighted by molar-refractivity contribution is 6.27. The Bertz CT molecular complexity index is 1150. The van der Waals surface area contributed by atoms with Crippen molar-refractivity contribution in [1.29, 1.82) is 0 Å². The van der Waals surface area contributed by atoms with Gasteiger partial charge in [0.1, 0.15) is 0 Å². The van der Waals surface area contributed by atoms with Crippen molar-refractivity contribution >= 4 is 28.5 Å². The summed E-state index contributed by atoms with van der Waals surface area (Å²) in [5, 5.41) is 6.33. The van der Waals surface area contributed by atoms with E-state index < -0.39 is 0 Å². The monoisotopic (exact) mass is 411 g/mol. The zero-order valence-corrected chi connectivity index (χ0v) is 17.6. The van der Waals surface area contributed by atoms with Crippen LogP contribution in [0.25, 0.3) is 16.7 Å². The number of nitrogens with zero attached hydrogens (tertiary/aromatic N) is 3. The SMILES string of the molecule is Cc1ccc(NC(=O)C2=CCNc3ccc(-c4cncc(N5CCCC5)c4)cc32)cn1. The second kappa shape index (κ2) is 8.22. The molecule has 156 valence electrons. The molecular formula is C25H25N5O. The van der Waals surface area contributed by atoms with Crippen LogP contribution in [0.5, 0.6) is 0 Å². The molecule has 31 heavy (non-hydrogen) atoms. The third-order valence-corrected chi connectivity index (χ3v) is 5.85. The van der Waals surface area contributed by atoms with Crippen LogP contribution in [0, 0.1) is 6.92 Å². The highest BCUT2D eigenvalue weighted by Gasteiger charge is 2.20. The van der Waals surface area contributed by atoms with Crippen LogP contribution >= 0.6 is 0 Å². The molecule has 0 bridgehead atoms. The Morgan fingerprint density at radius 3 is 2.71 bits per heavy atom. The molecule has 6 heteroatoms. The van der Waals surface area contributed by atoms with Gasteiger partial charge in [-0.2, -0.15) is 0 Å².